The molecular weight excluding hydrogens is 216 g/mol. The van der Waals surface area contributed by atoms with Gasteiger partial charge in [-0.3, -0.25) is 0 Å². The van der Waals surface area contributed by atoms with Crippen LogP contribution in [-0.4, -0.2) is 31.3 Å². The van der Waals surface area contributed by atoms with E-state index < -0.39 is 11.7 Å². The molecule has 0 aliphatic heterocycles. The Labute approximate surface area is 103 Å². The summed E-state index contributed by atoms with van der Waals surface area (Å²) in [7, 11) is 0. The van der Waals surface area contributed by atoms with Gasteiger partial charge in [0, 0.05) is 19.6 Å². The predicted octanol–water partition coefficient (Wildman–Crippen LogP) is 2.00. The number of hydrogen-bond donors (Lipinski definition) is 2. The lowest BCUT2D eigenvalue weighted by atomic mass is 10.2. The molecule has 4 heteroatoms. The molecule has 0 saturated heterocycles. The van der Waals surface area contributed by atoms with Crippen molar-refractivity contribution in [2.45, 2.75) is 26.4 Å². The van der Waals surface area contributed by atoms with Gasteiger partial charge in [-0.2, -0.15) is 0 Å². The Hall–Kier alpha value is -1.51. The number of ether oxygens (including phenoxy) is 1. The molecule has 96 valence electrons. The van der Waals surface area contributed by atoms with Gasteiger partial charge in [0.2, 0.25) is 0 Å². The maximum atomic E-state index is 11.2. The van der Waals surface area contributed by atoms with E-state index >= 15 is 0 Å². The zero-order chi connectivity index (χ0) is 13.1. The van der Waals surface area contributed by atoms with E-state index in [1.807, 2.05) is 39.0 Å². The summed E-state index contributed by atoms with van der Waals surface area (Å²) in [5.74, 6) is 0. The smallest absolute Gasteiger partial charge is 0.407 e. The maximum absolute atomic E-state index is 11.2. The van der Waals surface area contributed by atoms with Crippen LogP contribution in [-0.2, 0) is 4.74 Å². The van der Waals surface area contributed by atoms with Crippen molar-refractivity contribution in [2.24, 2.45) is 0 Å². The molecule has 0 radical (unpaired) electrons. The van der Waals surface area contributed by atoms with E-state index in [-0.39, 0.29) is 0 Å². The van der Waals surface area contributed by atoms with Crippen LogP contribution in [0.4, 0.5) is 4.79 Å². The Morgan fingerprint density at radius 2 is 1.94 bits per heavy atom. The summed E-state index contributed by atoms with van der Waals surface area (Å²) in [5.41, 5.74) is 2.22. The molecule has 2 N–H and O–H groups in total. The van der Waals surface area contributed by atoms with E-state index in [9.17, 15) is 4.79 Å². The molecule has 0 aromatic carbocycles. The van der Waals surface area contributed by atoms with E-state index in [0.717, 1.165) is 13.1 Å². The molecule has 0 atom stereocenters. The van der Waals surface area contributed by atoms with E-state index in [4.69, 9.17) is 4.74 Å². The molecule has 0 heterocycles. The molecule has 0 saturated carbocycles. The van der Waals surface area contributed by atoms with Gasteiger partial charge in [0.1, 0.15) is 5.60 Å². The van der Waals surface area contributed by atoms with Crippen LogP contribution in [0.1, 0.15) is 20.8 Å². The standard InChI is InChI=1S/C13H22N2O2/c1-5-6-9-14-10-7-8-11-15-12(16)17-13(2,3)4/h6-8,14H,1,9-11H2,2-4H3,(H,15,16). The molecule has 1 amide bonds. The Morgan fingerprint density at radius 1 is 1.29 bits per heavy atom. The summed E-state index contributed by atoms with van der Waals surface area (Å²) < 4.78 is 5.08. The van der Waals surface area contributed by atoms with E-state index in [0.29, 0.717) is 6.54 Å². The first-order valence-electron chi connectivity index (χ1n) is 5.62. The van der Waals surface area contributed by atoms with Gasteiger partial charge < -0.3 is 15.4 Å². The Bertz CT molecular complexity index is 297. The van der Waals surface area contributed by atoms with Crippen molar-refractivity contribution in [1.82, 2.24) is 10.6 Å². The lowest BCUT2D eigenvalue weighted by Crippen LogP contribution is -2.32. The summed E-state index contributed by atoms with van der Waals surface area (Å²) >= 11 is 0. The quantitative estimate of drug-likeness (QED) is 0.423. The first kappa shape index (κ1) is 15.5. The summed E-state index contributed by atoms with van der Waals surface area (Å²) in [4.78, 5) is 11.2. The number of alkyl carbamates (subject to hydrolysis) is 1. The molecule has 0 aromatic rings. The van der Waals surface area contributed by atoms with Crippen molar-refractivity contribution in [3.05, 3.63) is 30.5 Å². The zero-order valence-electron chi connectivity index (χ0n) is 10.9. The van der Waals surface area contributed by atoms with Gasteiger partial charge in [-0.05, 0) is 26.8 Å². The van der Waals surface area contributed by atoms with E-state index in [2.05, 4.69) is 22.9 Å². The van der Waals surface area contributed by atoms with Gasteiger partial charge in [-0.1, -0.05) is 18.7 Å². The molecule has 17 heavy (non-hydrogen) atoms. The van der Waals surface area contributed by atoms with Crippen LogP contribution < -0.4 is 10.6 Å². The molecule has 0 aliphatic rings. The largest absolute Gasteiger partial charge is 0.444 e. The van der Waals surface area contributed by atoms with Crippen LogP contribution in [0.3, 0.4) is 0 Å². The molecule has 4 nitrogen and oxygen atoms in total. The van der Waals surface area contributed by atoms with Crippen LogP contribution in [0, 0.1) is 0 Å². The van der Waals surface area contributed by atoms with Gasteiger partial charge in [0.15, 0.2) is 0 Å². The van der Waals surface area contributed by atoms with Crippen LogP contribution >= 0.6 is 0 Å². The highest BCUT2D eigenvalue weighted by Gasteiger charge is 2.14. The fraction of sp³-hybridized carbons (Fsp3) is 0.538. The number of carbonyl (C=O) groups excluding carboxylic acids is 1. The molecule has 0 aromatic heterocycles. The third-order valence-electron chi connectivity index (χ3n) is 1.58. The normalized spacial score (nSPS) is 11.0. The monoisotopic (exact) mass is 238 g/mol. The topological polar surface area (TPSA) is 50.4 Å². The molecule has 0 fully saturated rings. The van der Waals surface area contributed by atoms with Gasteiger partial charge in [-0.15, -0.1) is 5.73 Å². The van der Waals surface area contributed by atoms with Gasteiger partial charge >= 0.3 is 6.09 Å². The highest BCUT2D eigenvalue weighted by atomic mass is 16.6. The minimum Gasteiger partial charge on any atom is -0.444 e. The Kier molecular flexibility index (Phi) is 7.85. The molecule has 0 unspecified atom stereocenters. The van der Waals surface area contributed by atoms with Crippen LogP contribution in [0.15, 0.2) is 30.5 Å². The summed E-state index contributed by atoms with van der Waals surface area (Å²) in [5, 5.41) is 5.76. The minimum atomic E-state index is -0.452. The summed E-state index contributed by atoms with van der Waals surface area (Å²) in [6.07, 6.45) is 5.22. The first-order chi connectivity index (χ1) is 7.95. The molecule has 0 bridgehead atoms. The second-order valence-electron chi connectivity index (χ2n) is 4.42. The van der Waals surface area contributed by atoms with Gasteiger partial charge in [0.25, 0.3) is 0 Å². The van der Waals surface area contributed by atoms with E-state index in [1.54, 1.807) is 0 Å². The second kappa shape index (κ2) is 8.62. The number of nitrogens with one attached hydrogen (secondary N) is 2. The molecular formula is C13H22N2O2. The fourth-order valence-corrected chi connectivity index (χ4v) is 0.934. The highest BCUT2D eigenvalue weighted by molar-refractivity contribution is 5.67. The van der Waals surface area contributed by atoms with Crippen LogP contribution in [0.2, 0.25) is 0 Å². The molecule has 0 aliphatic carbocycles. The van der Waals surface area contributed by atoms with Crippen LogP contribution in [0.5, 0.6) is 0 Å². The SMILES string of the molecule is C=C=CCNCC=CCNC(=O)OC(C)(C)C. The van der Waals surface area contributed by atoms with E-state index in [1.165, 1.54) is 0 Å². The minimum absolute atomic E-state index is 0.398. The fourth-order valence-electron chi connectivity index (χ4n) is 0.934. The number of rotatable bonds is 6. The summed E-state index contributed by atoms with van der Waals surface area (Å²) in [6.45, 7) is 10.9. The Morgan fingerprint density at radius 3 is 2.53 bits per heavy atom. The molecule has 0 spiro atoms. The van der Waals surface area contributed by atoms with Crippen molar-refractivity contribution in [3.63, 3.8) is 0 Å². The van der Waals surface area contributed by atoms with Crippen molar-refractivity contribution >= 4 is 6.09 Å². The third-order valence-corrected chi connectivity index (χ3v) is 1.58. The summed E-state index contributed by atoms with van der Waals surface area (Å²) in [6, 6.07) is 0. The predicted molar refractivity (Wildman–Crippen MR) is 70.0 cm³/mol. The van der Waals surface area contributed by atoms with Crippen molar-refractivity contribution in [2.75, 3.05) is 19.6 Å². The average Bonchev–Trinajstić information content (AvgIpc) is 2.19. The number of amides is 1. The highest BCUT2D eigenvalue weighted by Crippen LogP contribution is 2.05. The van der Waals surface area contributed by atoms with Crippen molar-refractivity contribution < 1.29 is 9.53 Å². The van der Waals surface area contributed by atoms with Crippen LogP contribution in [0.25, 0.3) is 0 Å². The Balaban J connectivity index is 3.53. The maximum Gasteiger partial charge on any atom is 0.407 e. The first-order valence-corrected chi connectivity index (χ1v) is 5.62. The second-order valence-corrected chi connectivity index (χ2v) is 4.42. The number of hydrogen-bond acceptors (Lipinski definition) is 3. The third kappa shape index (κ3) is 12.4. The number of carbonyl (C=O) groups is 1. The van der Waals surface area contributed by atoms with Gasteiger partial charge in [-0.25, -0.2) is 4.79 Å². The average molecular weight is 238 g/mol. The lowest BCUT2D eigenvalue weighted by Gasteiger charge is -2.19. The van der Waals surface area contributed by atoms with Crippen molar-refractivity contribution in [1.29, 1.82) is 0 Å². The lowest BCUT2D eigenvalue weighted by molar-refractivity contribution is 0.0534. The molecule has 0 rings (SSSR count). The van der Waals surface area contributed by atoms with Gasteiger partial charge in [0.05, 0.1) is 0 Å². The van der Waals surface area contributed by atoms with Crippen molar-refractivity contribution in [3.8, 4) is 0 Å². The zero-order valence-corrected chi connectivity index (χ0v) is 10.9.